The predicted octanol–water partition coefficient (Wildman–Crippen LogP) is 1.31. The van der Waals surface area contributed by atoms with Crippen molar-refractivity contribution >= 4 is 11.4 Å². The molecule has 0 aliphatic heterocycles. The average molecular weight is 191 g/mol. The summed E-state index contributed by atoms with van der Waals surface area (Å²) in [6.07, 6.45) is 2.04. The fraction of sp³-hybridized carbons (Fsp3) is 0.857. The van der Waals surface area contributed by atoms with E-state index in [1.165, 1.54) is 0 Å². The van der Waals surface area contributed by atoms with E-state index in [1.807, 2.05) is 6.07 Å². The zero-order valence-corrected chi connectivity index (χ0v) is 7.93. The Morgan fingerprint density at radius 2 is 2.17 bits per heavy atom. The van der Waals surface area contributed by atoms with Crippen molar-refractivity contribution in [3.63, 3.8) is 0 Å². The van der Waals surface area contributed by atoms with Crippen molar-refractivity contribution in [1.82, 2.24) is 0 Å². The molecule has 4 nitrogen and oxygen atoms in total. The molecule has 0 spiro atoms. The van der Waals surface area contributed by atoms with Gasteiger partial charge in [0.25, 0.3) is 0 Å². The normalized spacial score (nSPS) is 12.3. The highest BCUT2D eigenvalue weighted by atomic mass is 32.2. The first-order chi connectivity index (χ1) is 5.81. The summed E-state index contributed by atoms with van der Waals surface area (Å²) in [5.74, 6) is 0. The standard InChI is InChI=1S/C7H13NO3S/c1-2-10-12(9)11-7-5-3-4-6-8/h2-5,7H2,1H3. The van der Waals surface area contributed by atoms with E-state index in [4.69, 9.17) is 9.44 Å². The Labute approximate surface area is 75.3 Å². The van der Waals surface area contributed by atoms with Crippen molar-refractivity contribution in [2.45, 2.75) is 26.2 Å². The molecule has 0 aromatic carbocycles. The first kappa shape index (κ1) is 11.6. The summed E-state index contributed by atoms with van der Waals surface area (Å²) >= 11 is -1.61. The molecule has 0 saturated heterocycles. The molecule has 0 aromatic rings. The maximum atomic E-state index is 10.7. The number of hydrogen-bond acceptors (Lipinski definition) is 4. The van der Waals surface area contributed by atoms with Gasteiger partial charge in [-0.05, 0) is 19.8 Å². The molecule has 0 N–H and O–H groups in total. The van der Waals surface area contributed by atoms with Gasteiger partial charge < -0.3 is 0 Å². The van der Waals surface area contributed by atoms with Gasteiger partial charge in [-0.1, -0.05) is 0 Å². The van der Waals surface area contributed by atoms with Crippen molar-refractivity contribution in [3.05, 3.63) is 0 Å². The molecule has 0 bridgehead atoms. The first-order valence-corrected chi connectivity index (χ1v) is 4.86. The SMILES string of the molecule is CCOS(=O)OCCCCC#N. The predicted molar refractivity (Wildman–Crippen MR) is 45.2 cm³/mol. The summed E-state index contributed by atoms with van der Waals surface area (Å²) in [5, 5.41) is 8.18. The van der Waals surface area contributed by atoms with Gasteiger partial charge in [0.05, 0.1) is 19.3 Å². The highest BCUT2D eigenvalue weighted by molar-refractivity contribution is 7.75. The molecule has 0 aliphatic carbocycles. The lowest BCUT2D eigenvalue weighted by Crippen LogP contribution is -2.02. The van der Waals surface area contributed by atoms with Gasteiger partial charge in [0.2, 0.25) is 0 Å². The van der Waals surface area contributed by atoms with Crippen LogP contribution < -0.4 is 0 Å². The first-order valence-electron chi connectivity index (χ1n) is 3.86. The van der Waals surface area contributed by atoms with E-state index in [1.54, 1.807) is 6.92 Å². The molecule has 1 unspecified atom stereocenters. The molecular weight excluding hydrogens is 178 g/mol. The quantitative estimate of drug-likeness (QED) is 0.569. The Hall–Kier alpha value is -0.440. The van der Waals surface area contributed by atoms with Gasteiger partial charge in [-0.3, -0.25) is 8.37 Å². The molecule has 1 atom stereocenters. The van der Waals surface area contributed by atoms with E-state index in [-0.39, 0.29) is 0 Å². The van der Waals surface area contributed by atoms with Crippen LogP contribution in [0.1, 0.15) is 26.2 Å². The summed E-state index contributed by atoms with van der Waals surface area (Å²) in [4.78, 5) is 0. The fourth-order valence-corrected chi connectivity index (χ4v) is 1.08. The van der Waals surface area contributed by atoms with E-state index < -0.39 is 11.4 Å². The van der Waals surface area contributed by atoms with Crippen LogP contribution >= 0.6 is 0 Å². The highest BCUT2D eigenvalue weighted by Gasteiger charge is 1.97. The van der Waals surface area contributed by atoms with Crippen LogP contribution in [0.25, 0.3) is 0 Å². The Kier molecular flexibility index (Phi) is 8.34. The van der Waals surface area contributed by atoms with Gasteiger partial charge in [0.1, 0.15) is 0 Å². The second kappa shape index (κ2) is 8.65. The van der Waals surface area contributed by atoms with Gasteiger partial charge in [0, 0.05) is 6.42 Å². The van der Waals surface area contributed by atoms with Crippen molar-refractivity contribution < 1.29 is 12.6 Å². The summed E-state index contributed by atoms with van der Waals surface area (Å²) in [6.45, 7) is 2.51. The summed E-state index contributed by atoms with van der Waals surface area (Å²) in [5.41, 5.74) is 0. The maximum Gasteiger partial charge on any atom is 0.304 e. The smallest absolute Gasteiger partial charge is 0.269 e. The lowest BCUT2D eigenvalue weighted by Gasteiger charge is -2.00. The van der Waals surface area contributed by atoms with Crippen molar-refractivity contribution in [2.24, 2.45) is 0 Å². The molecule has 0 radical (unpaired) electrons. The number of nitrogens with zero attached hydrogens (tertiary/aromatic N) is 1. The highest BCUT2D eigenvalue weighted by Crippen LogP contribution is 1.96. The van der Waals surface area contributed by atoms with Crippen molar-refractivity contribution in [2.75, 3.05) is 13.2 Å². The van der Waals surface area contributed by atoms with Crippen LogP contribution in [0.2, 0.25) is 0 Å². The van der Waals surface area contributed by atoms with Gasteiger partial charge in [0.15, 0.2) is 0 Å². The summed E-state index contributed by atoms with van der Waals surface area (Å²) in [7, 11) is 0. The zero-order chi connectivity index (χ0) is 9.23. The van der Waals surface area contributed by atoms with Crippen LogP contribution in [0.4, 0.5) is 0 Å². The average Bonchev–Trinajstić information content (AvgIpc) is 2.05. The van der Waals surface area contributed by atoms with Crippen LogP contribution in [-0.2, 0) is 19.7 Å². The Morgan fingerprint density at radius 1 is 1.42 bits per heavy atom. The van der Waals surface area contributed by atoms with Crippen molar-refractivity contribution in [1.29, 1.82) is 5.26 Å². The Morgan fingerprint density at radius 3 is 2.75 bits per heavy atom. The lowest BCUT2D eigenvalue weighted by molar-refractivity contribution is 0.254. The second-order valence-corrected chi connectivity index (χ2v) is 2.93. The van der Waals surface area contributed by atoms with E-state index >= 15 is 0 Å². The molecule has 0 amide bonds. The molecule has 5 heteroatoms. The maximum absolute atomic E-state index is 10.7. The van der Waals surface area contributed by atoms with E-state index in [0.717, 1.165) is 12.8 Å². The molecule has 0 saturated carbocycles. The van der Waals surface area contributed by atoms with Crippen LogP contribution in [0.3, 0.4) is 0 Å². The molecule has 0 aliphatic rings. The van der Waals surface area contributed by atoms with Crippen molar-refractivity contribution in [3.8, 4) is 6.07 Å². The molecule has 0 heterocycles. The Balaban J connectivity index is 3.09. The van der Waals surface area contributed by atoms with Gasteiger partial charge in [-0.15, -0.1) is 0 Å². The summed E-state index contributed by atoms with van der Waals surface area (Å²) in [6, 6.07) is 2.02. The van der Waals surface area contributed by atoms with Crippen LogP contribution in [0, 0.1) is 11.3 Å². The topological polar surface area (TPSA) is 59.3 Å². The number of hydrogen-bond donors (Lipinski definition) is 0. The number of nitriles is 1. The largest absolute Gasteiger partial charge is 0.304 e. The second-order valence-electron chi connectivity index (χ2n) is 2.05. The molecule has 12 heavy (non-hydrogen) atoms. The van der Waals surface area contributed by atoms with Crippen LogP contribution in [0.15, 0.2) is 0 Å². The molecule has 0 fully saturated rings. The lowest BCUT2D eigenvalue weighted by atomic mass is 10.3. The van der Waals surface area contributed by atoms with Gasteiger partial charge in [-0.25, -0.2) is 0 Å². The molecule has 70 valence electrons. The number of rotatable bonds is 7. The monoisotopic (exact) mass is 191 g/mol. The molecule has 0 aromatic heterocycles. The third-order valence-corrected chi connectivity index (χ3v) is 1.86. The van der Waals surface area contributed by atoms with Gasteiger partial charge >= 0.3 is 11.4 Å². The third kappa shape index (κ3) is 7.66. The van der Waals surface area contributed by atoms with E-state index in [0.29, 0.717) is 19.6 Å². The summed E-state index contributed by atoms with van der Waals surface area (Å²) < 4.78 is 20.1. The third-order valence-electron chi connectivity index (χ3n) is 1.08. The minimum Gasteiger partial charge on any atom is -0.269 e. The van der Waals surface area contributed by atoms with E-state index in [9.17, 15) is 4.21 Å². The number of unbranched alkanes of at least 4 members (excludes halogenated alkanes) is 2. The van der Waals surface area contributed by atoms with Gasteiger partial charge in [-0.2, -0.15) is 9.47 Å². The fourth-order valence-electron chi connectivity index (χ4n) is 0.563. The van der Waals surface area contributed by atoms with E-state index in [2.05, 4.69) is 4.18 Å². The minimum absolute atomic E-state index is 0.380. The molecule has 0 rings (SSSR count). The zero-order valence-electron chi connectivity index (χ0n) is 7.12. The molecular formula is C7H13NO3S. The van der Waals surface area contributed by atoms with Crippen LogP contribution in [0.5, 0.6) is 0 Å². The minimum atomic E-state index is -1.61. The Bertz CT molecular complexity index is 167. The van der Waals surface area contributed by atoms with Crippen LogP contribution in [-0.4, -0.2) is 17.4 Å².